The summed E-state index contributed by atoms with van der Waals surface area (Å²) >= 11 is 1.51. The van der Waals surface area contributed by atoms with Crippen molar-refractivity contribution in [1.82, 2.24) is 9.29 Å². The van der Waals surface area contributed by atoms with Crippen molar-refractivity contribution in [3.63, 3.8) is 0 Å². The second-order valence-corrected chi connectivity index (χ2v) is 9.70. The van der Waals surface area contributed by atoms with Gasteiger partial charge in [-0.25, -0.2) is 17.8 Å². The molecule has 3 aromatic rings. The highest BCUT2D eigenvalue weighted by atomic mass is 32.2. The maximum absolute atomic E-state index is 13.1. The van der Waals surface area contributed by atoms with Gasteiger partial charge >= 0.3 is 0 Å². The topological polar surface area (TPSA) is 72.0 Å². The van der Waals surface area contributed by atoms with E-state index in [1.807, 2.05) is 23.6 Å². The van der Waals surface area contributed by atoms with Crippen LogP contribution in [-0.4, -0.2) is 58.1 Å². The van der Waals surface area contributed by atoms with E-state index < -0.39 is 15.8 Å². The first-order valence-electron chi connectivity index (χ1n) is 9.61. The molecule has 0 atom stereocenters. The normalized spacial score (nSPS) is 15.1. The Labute approximate surface area is 184 Å². The number of methoxy groups -OCH3 is 2. The van der Waals surface area contributed by atoms with Crippen molar-refractivity contribution < 1.29 is 22.3 Å². The predicted molar refractivity (Wildman–Crippen MR) is 118 cm³/mol. The standard InChI is InChI=1S/C21H22FN3O4S2/c1-28-16-5-8-18(20(13-16)29-2)19-14-30-21(23-19)24-9-11-25(12-10-24)31(26,27)17-6-3-15(22)4-7-17/h3-8,13-14H,9-12H2,1-2H3. The van der Waals surface area contributed by atoms with E-state index in [4.69, 9.17) is 14.5 Å². The van der Waals surface area contributed by atoms with Crippen LogP contribution in [-0.2, 0) is 10.0 Å². The zero-order valence-corrected chi connectivity index (χ0v) is 18.7. The Morgan fingerprint density at radius 1 is 1.00 bits per heavy atom. The molecule has 31 heavy (non-hydrogen) atoms. The number of thiazole rings is 1. The number of aromatic nitrogens is 1. The van der Waals surface area contributed by atoms with E-state index in [1.54, 1.807) is 14.2 Å². The highest BCUT2D eigenvalue weighted by Crippen LogP contribution is 2.36. The fraction of sp³-hybridized carbons (Fsp3) is 0.286. The van der Waals surface area contributed by atoms with Gasteiger partial charge in [-0.3, -0.25) is 0 Å². The Hall–Kier alpha value is -2.69. The van der Waals surface area contributed by atoms with Gasteiger partial charge in [0.1, 0.15) is 17.3 Å². The molecule has 7 nitrogen and oxygen atoms in total. The van der Waals surface area contributed by atoms with Crippen LogP contribution in [0, 0.1) is 5.82 Å². The first-order valence-corrected chi connectivity index (χ1v) is 11.9. The Kier molecular flexibility index (Phi) is 6.12. The molecule has 0 amide bonds. The van der Waals surface area contributed by atoms with Crippen molar-refractivity contribution in [2.75, 3.05) is 45.3 Å². The Balaban J connectivity index is 1.47. The van der Waals surface area contributed by atoms with Crippen molar-refractivity contribution in [2.24, 2.45) is 0 Å². The van der Waals surface area contributed by atoms with Crippen molar-refractivity contribution in [1.29, 1.82) is 0 Å². The maximum Gasteiger partial charge on any atom is 0.243 e. The molecule has 2 aromatic carbocycles. The van der Waals surface area contributed by atoms with Crippen LogP contribution in [0.1, 0.15) is 0 Å². The molecular weight excluding hydrogens is 441 g/mol. The lowest BCUT2D eigenvalue weighted by atomic mass is 10.1. The van der Waals surface area contributed by atoms with Gasteiger partial charge < -0.3 is 14.4 Å². The molecule has 0 unspecified atom stereocenters. The fourth-order valence-corrected chi connectivity index (χ4v) is 5.72. The molecule has 1 saturated heterocycles. The molecule has 1 aromatic heterocycles. The molecule has 0 spiro atoms. The second-order valence-electron chi connectivity index (χ2n) is 6.93. The number of piperazine rings is 1. The second kappa shape index (κ2) is 8.81. The Morgan fingerprint density at radius 2 is 1.71 bits per heavy atom. The minimum absolute atomic E-state index is 0.102. The first kappa shape index (κ1) is 21.5. The van der Waals surface area contributed by atoms with Gasteiger partial charge in [-0.15, -0.1) is 11.3 Å². The molecule has 164 valence electrons. The smallest absolute Gasteiger partial charge is 0.243 e. The van der Waals surface area contributed by atoms with Gasteiger partial charge in [-0.1, -0.05) is 0 Å². The number of sulfonamides is 1. The summed E-state index contributed by atoms with van der Waals surface area (Å²) in [5, 5.41) is 2.79. The van der Waals surface area contributed by atoms with E-state index in [2.05, 4.69) is 4.90 Å². The lowest BCUT2D eigenvalue weighted by molar-refractivity contribution is 0.384. The minimum Gasteiger partial charge on any atom is -0.497 e. The number of benzene rings is 2. The highest BCUT2D eigenvalue weighted by molar-refractivity contribution is 7.89. The third kappa shape index (κ3) is 4.36. The summed E-state index contributed by atoms with van der Waals surface area (Å²) in [6, 6.07) is 10.5. The number of halogens is 1. The Morgan fingerprint density at radius 3 is 2.35 bits per heavy atom. The number of hydrogen-bond donors (Lipinski definition) is 0. The molecule has 1 aliphatic rings. The molecule has 0 N–H and O–H groups in total. The van der Waals surface area contributed by atoms with Crippen LogP contribution in [0.25, 0.3) is 11.3 Å². The summed E-state index contributed by atoms with van der Waals surface area (Å²) in [5.41, 5.74) is 1.66. The van der Waals surface area contributed by atoms with Crippen molar-refractivity contribution in [3.05, 3.63) is 53.7 Å². The molecule has 2 heterocycles. The molecule has 0 saturated carbocycles. The van der Waals surface area contributed by atoms with Crippen LogP contribution in [0.15, 0.2) is 52.7 Å². The average molecular weight is 464 g/mol. The third-order valence-electron chi connectivity index (χ3n) is 5.14. The zero-order chi connectivity index (χ0) is 22.0. The summed E-state index contributed by atoms with van der Waals surface area (Å²) in [4.78, 5) is 6.91. The van der Waals surface area contributed by atoms with E-state index >= 15 is 0 Å². The summed E-state index contributed by atoms with van der Waals surface area (Å²) in [6.45, 7) is 1.71. The summed E-state index contributed by atoms with van der Waals surface area (Å²) < 4.78 is 50.9. The van der Waals surface area contributed by atoms with Gasteiger partial charge in [0.15, 0.2) is 5.13 Å². The first-order chi connectivity index (χ1) is 14.9. The predicted octanol–water partition coefficient (Wildman–Crippen LogP) is 3.48. The minimum atomic E-state index is -3.64. The monoisotopic (exact) mass is 463 g/mol. The summed E-state index contributed by atoms with van der Waals surface area (Å²) in [7, 11) is -0.437. The van der Waals surface area contributed by atoms with E-state index in [9.17, 15) is 12.8 Å². The van der Waals surface area contributed by atoms with Crippen molar-refractivity contribution >= 4 is 26.5 Å². The van der Waals surface area contributed by atoms with Crippen LogP contribution >= 0.6 is 11.3 Å². The van der Waals surface area contributed by atoms with E-state index in [-0.39, 0.29) is 4.90 Å². The number of ether oxygens (including phenoxy) is 2. The molecule has 0 aliphatic carbocycles. The van der Waals surface area contributed by atoms with Gasteiger partial charge in [0.05, 0.1) is 24.8 Å². The fourth-order valence-electron chi connectivity index (χ4n) is 3.42. The molecule has 4 rings (SSSR count). The van der Waals surface area contributed by atoms with Crippen LogP contribution in [0.4, 0.5) is 9.52 Å². The molecular formula is C21H22FN3O4S2. The SMILES string of the molecule is COc1ccc(-c2csc(N3CCN(S(=O)(=O)c4ccc(F)cc4)CC3)n2)c(OC)c1. The number of rotatable bonds is 6. The Bertz CT molecular complexity index is 1160. The molecule has 1 fully saturated rings. The van der Waals surface area contributed by atoms with Crippen molar-refractivity contribution in [3.8, 4) is 22.8 Å². The number of nitrogens with zero attached hydrogens (tertiary/aromatic N) is 3. The van der Waals surface area contributed by atoms with Gasteiger partial charge in [-0.05, 0) is 36.4 Å². The molecule has 10 heteroatoms. The summed E-state index contributed by atoms with van der Waals surface area (Å²) in [6.07, 6.45) is 0. The van der Waals surface area contributed by atoms with E-state index in [0.717, 1.165) is 28.5 Å². The van der Waals surface area contributed by atoms with Gasteiger partial charge in [0.25, 0.3) is 0 Å². The third-order valence-corrected chi connectivity index (χ3v) is 7.95. The van der Waals surface area contributed by atoms with Crippen molar-refractivity contribution in [2.45, 2.75) is 4.90 Å². The lowest BCUT2D eigenvalue weighted by Gasteiger charge is -2.33. The van der Waals surface area contributed by atoms with Crippen LogP contribution in [0.2, 0.25) is 0 Å². The number of hydrogen-bond acceptors (Lipinski definition) is 7. The van der Waals surface area contributed by atoms with Crippen LogP contribution < -0.4 is 14.4 Å². The molecule has 0 radical (unpaired) electrons. The summed E-state index contributed by atoms with van der Waals surface area (Å²) in [5.74, 6) is 0.915. The largest absolute Gasteiger partial charge is 0.497 e. The van der Waals surface area contributed by atoms with Crippen LogP contribution in [0.3, 0.4) is 0 Å². The van der Waals surface area contributed by atoms with Crippen LogP contribution in [0.5, 0.6) is 11.5 Å². The highest BCUT2D eigenvalue weighted by Gasteiger charge is 2.29. The lowest BCUT2D eigenvalue weighted by Crippen LogP contribution is -2.48. The van der Waals surface area contributed by atoms with Gasteiger partial charge in [-0.2, -0.15) is 4.31 Å². The average Bonchev–Trinajstić information content (AvgIpc) is 3.29. The quantitative estimate of drug-likeness (QED) is 0.557. The van der Waals surface area contributed by atoms with Gasteiger partial charge in [0, 0.05) is 43.2 Å². The molecule has 0 bridgehead atoms. The number of anilines is 1. The van der Waals surface area contributed by atoms with Gasteiger partial charge in [0.2, 0.25) is 10.0 Å². The molecule has 1 aliphatic heterocycles. The zero-order valence-electron chi connectivity index (χ0n) is 17.1. The van der Waals surface area contributed by atoms with E-state index in [0.29, 0.717) is 37.7 Å². The maximum atomic E-state index is 13.1. The van der Waals surface area contributed by atoms with E-state index in [1.165, 1.54) is 27.8 Å².